The van der Waals surface area contributed by atoms with Crippen molar-refractivity contribution in [3.63, 3.8) is 0 Å². The van der Waals surface area contributed by atoms with E-state index >= 15 is 0 Å². The Balaban J connectivity index is 1.39. The average molecular weight is 357 g/mol. The Bertz CT molecular complexity index is 909. The summed E-state index contributed by atoms with van der Waals surface area (Å²) >= 11 is 0. The van der Waals surface area contributed by atoms with E-state index in [4.69, 9.17) is 9.15 Å². The molecular formula is C18H19N3O5. The van der Waals surface area contributed by atoms with E-state index in [1.54, 1.807) is 29.2 Å². The van der Waals surface area contributed by atoms with Gasteiger partial charge >= 0.3 is 5.63 Å². The number of benzene rings is 1. The molecule has 4 rings (SSSR count). The second-order valence-corrected chi connectivity index (χ2v) is 6.43. The van der Waals surface area contributed by atoms with Crippen LogP contribution in [0, 0.1) is 0 Å². The second kappa shape index (κ2) is 6.80. The molecule has 26 heavy (non-hydrogen) atoms. The molecule has 0 saturated carbocycles. The molecule has 2 aliphatic rings. The van der Waals surface area contributed by atoms with Gasteiger partial charge in [0.25, 0.3) is 5.91 Å². The quantitative estimate of drug-likeness (QED) is 0.766. The summed E-state index contributed by atoms with van der Waals surface area (Å²) in [6.45, 7) is 2.99. The Morgan fingerprint density at radius 3 is 2.92 bits per heavy atom. The maximum Gasteiger partial charge on any atom is 0.336 e. The Morgan fingerprint density at radius 2 is 2.04 bits per heavy atom. The highest BCUT2D eigenvalue weighted by Gasteiger charge is 2.36. The number of carbonyl (C=O) groups is 2. The van der Waals surface area contributed by atoms with Gasteiger partial charge in [-0.25, -0.2) is 4.79 Å². The zero-order valence-electron chi connectivity index (χ0n) is 14.1. The lowest BCUT2D eigenvalue weighted by Crippen LogP contribution is -2.64. The number of nitrogens with zero attached hydrogens (tertiary/aromatic N) is 2. The van der Waals surface area contributed by atoms with E-state index in [9.17, 15) is 14.4 Å². The highest BCUT2D eigenvalue weighted by Crippen LogP contribution is 2.20. The van der Waals surface area contributed by atoms with Gasteiger partial charge in [-0.05, 0) is 18.2 Å². The van der Waals surface area contributed by atoms with Crippen molar-refractivity contribution in [1.29, 1.82) is 0 Å². The number of ether oxygens (including phenoxy) is 1. The van der Waals surface area contributed by atoms with Crippen LogP contribution in [0.15, 0.2) is 39.5 Å². The predicted molar refractivity (Wildman–Crippen MR) is 92.9 cm³/mol. The smallest absolute Gasteiger partial charge is 0.336 e. The molecule has 2 aliphatic heterocycles. The summed E-state index contributed by atoms with van der Waals surface area (Å²) in [7, 11) is 0. The molecule has 0 radical (unpaired) electrons. The average Bonchev–Trinajstić information content (AvgIpc) is 2.66. The van der Waals surface area contributed by atoms with Crippen molar-refractivity contribution in [2.24, 2.45) is 0 Å². The molecule has 1 atom stereocenters. The van der Waals surface area contributed by atoms with E-state index in [2.05, 4.69) is 10.2 Å². The largest absolute Gasteiger partial charge is 0.484 e. The van der Waals surface area contributed by atoms with Gasteiger partial charge in [0.1, 0.15) is 17.4 Å². The Morgan fingerprint density at radius 1 is 1.19 bits per heavy atom. The fraction of sp³-hybridized carbons (Fsp3) is 0.389. The van der Waals surface area contributed by atoms with Crippen molar-refractivity contribution in [1.82, 2.24) is 15.1 Å². The van der Waals surface area contributed by atoms with Crippen LogP contribution in [-0.2, 0) is 9.59 Å². The third kappa shape index (κ3) is 3.28. The van der Waals surface area contributed by atoms with Gasteiger partial charge in [-0.1, -0.05) is 0 Å². The molecule has 1 N–H and O–H groups in total. The SMILES string of the molecule is O=C1NCCN2CCN(C(=O)COc3ccc4ccc(=O)oc4c3)CC12. The van der Waals surface area contributed by atoms with E-state index in [1.165, 1.54) is 6.07 Å². The van der Waals surface area contributed by atoms with Crippen molar-refractivity contribution in [2.75, 3.05) is 39.3 Å². The lowest BCUT2D eigenvalue weighted by atomic mass is 10.1. The summed E-state index contributed by atoms with van der Waals surface area (Å²) in [5.41, 5.74) is -0.0238. The number of fused-ring (bicyclic) bond motifs is 2. The van der Waals surface area contributed by atoms with Crippen molar-refractivity contribution < 1.29 is 18.7 Å². The first-order valence-corrected chi connectivity index (χ1v) is 8.56. The molecular weight excluding hydrogens is 338 g/mol. The molecule has 8 nitrogen and oxygen atoms in total. The molecule has 2 fully saturated rings. The molecule has 0 aliphatic carbocycles. The molecule has 3 heterocycles. The normalized spacial score (nSPS) is 20.5. The van der Waals surface area contributed by atoms with E-state index in [0.29, 0.717) is 37.5 Å². The zero-order chi connectivity index (χ0) is 18.1. The topological polar surface area (TPSA) is 92.1 Å². The van der Waals surface area contributed by atoms with Gasteiger partial charge in [0.2, 0.25) is 5.91 Å². The molecule has 2 amide bonds. The molecule has 1 aromatic carbocycles. The van der Waals surface area contributed by atoms with Gasteiger partial charge in [-0.3, -0.25) is 14.5 Å². The molecule has 0 bridgehead atoms. The molecule has 0 spiro atoms. The van der Waals surface area contributed by atoms with Gasteiger partial charge in [0.15, 0.2) is 6.61 Å². The summed E-state index contributed by atoms with van der Waals surface area (Å²) in [6, 6.07) is 7.83. The fourth-order valence-electron chi connectivity index (χ4n) is 3.37. The van der Waals surface area contributed by atoms with Crippen LogP contribution >= 0.6 is 0 Å². The second-order valence-electron chi connectivity index (χ2n) is 6.43. The van der Waals surface area contributed by atoms with Crippen LogP contribution < -0.4 is 15.7 Å². The summed E-state index contributed by atoms with van der Waals surface area (Å²) in [4.78, 5) is 39.5. The van der Waals surface area contributed by atoms with Crippen LogP contribution in [0.25, 0.3) is 11.0 Å². The first-order chi connectivity index (χ1) is 12.6. The number of hydrogen-bond donors (Lipinski definition) is 1. The maximum absolute atomic E-state index is 12.4. The van der Waals surface area contributed by atoms with Crippen LogP contribution in [0.1, 0.15) is 0 Å². The third-order valence-electron chi connectivity index (χ3n) is 4.80. The maximum atomic E-state index is 12.4. The number of hydrogen-bond acceptors (Lipinski definition) is 6. The van der Waals surface area contributed by atoms with Crippen molar-refractivity contribution >= 4 is 22.8 Å². The summed E-state index contributed by atoms with van der Waals surface area (Å²) in [5, 5.41) is 3.61. The highest BCUT2D eigenvalue weighted by atomic mass is 16.5. The molecule has 136 valence electrons. The van der Waals surface area contributed by atoms with E-state index in [0.717, 1.165) is 11.9 Å². The first kappa shape index (κ1) is 16.6. The molecule has 1 aromatic heterocycles. The van der Waals surface area contributed by atoms with Crippen LogP contribution in [0.3, 0.4) is 0 Å². The van der Waals surface area contributed by atoms with Crippen molar-refractivity contribution in [3.8, 4) is 5.75 Å². The van der Waals surface area contributed by atoms with Crippen LogP contribution in [0.5, 0.6) is 5.75 Å². The van der Waals surface area contributed by atoms with E-state index < -0.39 is 5.63 Å². The minimum Gasteiger partial charge on any atom is -0.484 e. The number of nitrogens with one attached hydrogen (secondary N) is 1. The Kier molecular flexibility index (Phi) is 4.34. The molecule has 1 unspecified atom stereocenters. The Labute approximate surface area is 149 Å². The third-order valence-corrected chi connectivity index (χ3v) is 4.80. The number of rotatable bonds is 3. The summed E-state index contributed by atoms with van der Waals surface area (Å²) in [6.07, 6.45) is 0. The summed E-state index contributed by atoms with van der Waals surface area (Å²) < 4.78 is 10.7. The molecule has 8 heteroatoms. The van der Waals surface area contributed by atoms with E-state index in [1.807, 2.05) is 0 Å². The van der Waals surface area contributed by atoms with Gasteiger partial charge < -0.3 is 19.4 Å². The first-order valence-electron chi connectivity index (χ1n) is 8.56. The number of amides is 2. The van der Waals surface area contributed by atoms with Crippen LogP contribution in [0.2, 0.25) is 0 Å². The monoisotopic (exact) mass is 357 g/mol. The minimum absolute atomic E-state index is 0.0285. The van der Waals surface area contributed by atoms with E-state index in [-0.39, 0.29) is 24.5 Å². The predicted octanol–water partition coefficient (Wildman–Crippen LogP) is -0.186. The highest BCUT2D eigenvalue weighted by molar-refractivity contribution is 5.85. The van der Waals surface area contributed by atoms with Crippen molar-refractivity contribution in [2.45, 2.75) is 6.04 Å². The van der Waals surface area contributed by atoms with Gasteiger partial charge in [0.05, 0.1) is 0 Å². The lowest BCUT2D eigenvalue weighted by Gasteiger charge is -2.42. The lowest BCUT2D eigenvalue weighted by molar-refractivity contribution is -0.141. The van der Waals surface area contributed by atoms with Gasteiger partial charge in [-0.15, -0.1) is 0 Å². The van der Waals surface area contributed by atoms with Gasteiger partial charge in [-0.2, -0.15) is 0 Å². The fourth-order valence-corrected chi connectivity index (χ4v) is 3.37. The number of piperazine rings is 2. The van der Waals surface area contributed by atoms with Crippen molar-refractivity contribution in [3.05, 3.63) is 40.8 Å². The summed E-state index contributed by atoms with van der Waals surface area (Å²) in [5.74, 6) is 0.256. The minimum atomic E-state index is -0.436. The Hall–Kier alpha value is -2.87. The van der Waals surface area contributed by atoms with Crippen LogP contribution in [0.4, 0.5) is 0 Å². The molecule has 2 saturated heterocycles. The molecule has 2 aromatic rings. The number of carbonyl (C=O) groups excluding carboxylic acids is 2. The zero-order valence-corrected chi connectivity index (χ0v) is 14.1. The van der Waals surface area contributed by atoms with Crippen LogP contribution in [-0.4, -0.2) is 67.0 Å². The standard InChI is InChI=1S/C18H19N3O5/c22-16(21-8-7-20-6-5-19-18(24)14(20)10-21)11-25-13-3-1-12-2-4-17(23)26-15(12)9-13/h1-4,9,14H,5-8,10-11H2,(H,19,24). The van der Waals surface area contributed by atoms with Gasteiger partial charge in [0, 0.05) is 50.2 Å².